The fourth-order valence-electron chi connectivity index (χ4n) is 2.41. The molecule has 1 heterocycles. The molecule has 26 heavy (non-hydrogen) atoms. The first-order valence-electron chi connectivity index (χ1n) is 8.31. The van der Waals surface area contributed by atoms with E-state index in [1.807, 2.05) is 54.6 Å². The highest BCUT2D eigenvalue weighted by Crippen LogP contribution is 2.26. The van der Waals surface area contributed by atoms with Crippen molar-refractivity contribution < 1.29 is 9.47 Å². The summed E-state index contributed by atoms with van der Waals surface area (Å²) in [7, 11) is 1.62. The molecule has 6 heteroatoms. The fourth-order valence-corrected chi connectivity index (χ4v) is 3.20. The molecule has 0 bridgehead atoms. The van der Waals surface area contributed by atoms with Crippen molar-refractivity contribution in [3.05, 3.63) is 71.0 Å². The van der Waals surface area contributed by atoms with Gasteiger partial charge in [-0.3, -0.25) is 4.79 Å². The number of hydrogen-bond acceptors (Lipinski definition) is 5. The van der Waals surface area contributed by atoms with E-state index in [9.17, 15) is 4.79 Å². The number of nitrogens with one attached hydrogen (secondary N) is 1. The summed E-state index contributed by atoms with van der Waals surface area (Å²) in [5.74, 6) is 2.25. The Balaban J connectivity index is 1.54. The van der Waals surface area contributed by atoms with Crippen LogP contribution >= 0.6 is 11.8 Å². The second kappa shape index (κ2) is 9.10. The monoisotopic (exact) mass is 368 g/mol. The Labute approximate surface area is 156 Å². The first-order valence-corrected chi connectivity index (χ1v) is 9.30. The molecule has 1 aromatic heterocycles. The minimum Gasteiger partial charge on any atom is -0.493 e. The van der Waals surface area contributed by atoms with Gasteiger partial charge in [-0.25, -0.2) is 4.98 Å². The molecule has 0 saturated carbocycles. The maximum atomic E-state index is 11.9. The minimum absolute atomic E-state index is 0.147. The predicted octanol–water partition coefficient (Wildman–Crippen LogP) is 4.01. The van der Waals surface area contributed by atoms with E-state index in [1.165, 1.54) is 17.8 Å². The van der Waals surface area contributed by atoms with Crippen LogP contribution in [0.3, 0.4) is 0 Å². The second-order valence-electron chi connectivity index (χ2n) is 5.50. The summed E-state index contributed by atoms with van der Waals surface area (Å²) in [6.45, 7) is 0.565. The lowest BCUT2D eigenvalue weighted by Gasteiger charge is -2.10. The zero-order chi connectivity index (χ0) is 18.2. The van der Waals surface area contributed by atoms with Gasteiger partial charge in [-0.05, 0) is 18.6 Å². The average Bonchev–Trinajstić information content (AvgIpc) is 2.68. The predicted molar refractivity (Wildman–Crippen MR) is 104 cm³/mol. The molecule has 0 fully saturated rings. The lowest BCUT2D eigenvalue weighted by Crippen LogP contribution is -2.08. The lowest BCUT2D eigenvalue weighted by molar-refractivity contribution is 0.295. The SMILES string of the molecule is COc1ccccc1OCCCSc1nc(-c2ccccc2)cc(=O)[nH]1. The van der Waals surface area contributed by atoms with Gasteiger partial charge in [0.2, 0.25) is 0 Å². The Hall–Kier alpha value is -2.73. The fraction of sp³-hybridized carbons (Fsp3) is 0.200. The summed E-state index contributed by atoms with van der Waals surface area (Å²) in [4.78, 5) is 19.2. The van der Waals surface area contributed by atoms with Gasteiger partial charge in [0, 0.05) is 17.4 Å². The molecule has 0 radical (unpaired) electrons. The summed E-state index contributed by atoms with van der Waals surface area (Å²) in [6, 6.07) is 18.8. The molecule has 0 spiro atoms. The summed E-state index contributed by atoms with van der Waals surface area (Å²) >= 11 is 1.51. The number of nitrogens with zero attached hydrogens (tertiary/aromatic N) is 1. The number of thioether (sulfide) groups is 1. The molecule has 0 aliphatic heterocycles. The molecule has 3 rings (SSSR count). The Morgan fingerprint density at radius 2 is 1.77 bits per heavy atom. The highest BCUT2D eigenvalue weighted by atomic mass is 32.2. The molecule has 134 valence electrons. The maximum Gasteiger partial charge on any atom is 0.252 e. The van der Waals surface area contributed by atoms with Crippen LogP contribution in [0.2, 0.25) is 0 Å². The highest BCUT2D eigenvalue weighted by Gasteiger charge is 2.05. The molecule has 1 N–H and O–H groups in total. The van der Waals surface area contributed by atoms with E-state index in [1.54, 1.807) is 7.11 Å². The number of H-pyrrole nitrogens is 1. The molecule has 0 amide bonds. The van der Waals surface area contributed by atoms with Crippen molar-refractivity contribution in [2.45, 2.75) is 11.6 Å². The van der Waals surface area contributed by atoms with Crippen LogP contribution in [0.4, 0.5) is 0 Å². The van der Waals surface area contributed by atoms with Gasteiger partial charge in [0.1, 0.15) is 0 Å². The van der Waals surface area contributed by atoms with Gasteiger partial charge >= 0.3 is 0 Å². The van der Waals surface area contributed by atoms with Crippen molar-refractivity contribution in [1.82, 2.24) is 9.97 Å². The lowest BCUT2D eigenvalue weighted by atomic mass is 10.1. The van der Waals surface area contributed by atoms with Gasteiger partial charge < -0.3 is 14.5 Å². The first kappa shape index (κ1) is 18.1. The molecule has 0 saturated heterocycles. The Kier molecular flexibility index (Phi) is 6.33. The van der Waals surface area contributed by atoms with Crippen LogP contribution in [0.5, 0.6) is 11.5 Å². The average molecular weight is 368 g/mol. The van der Waals surface area contributed by atoms with Gasteiger partial charge in [-0.1, -0.05) is 54.2 Å². The van der Waals surface area contributed by atoms with E-state index in [0.717, 1.165) is 29.2 Å². The molecule has 3 aromatic rings. The van der Waals surface area contributed by atoms with Crippen molar-refractivity contribution in [3.63, 3.8) is 0 Å². The summed E-state index contributed by atoms with van der Waals surface area (Å²) in [6.07, 6.45) is 0.821. The third kappa shape index (κ3) is 4.89. The Morgan fingerprint density at radius 3 is 2.54 bits per heavy atom. The molecular weight excluding hydrogens is 348 g/mol. The van der Waals surface area contributed by atoms with Crippen LogP contribution in [0.15, 0.2) is 70.6 Å². The van der Waals surface area contributed by atoms with Crippen LogP contribution in [0.25, 0.3) is 11.3 Å². The van der Waals surface area contributed by atoms with Gasteiger partial charge in [0.25, 0.3) is 5.56 Å². The van der Waals surface area contributed by atoms with Crippen molar-refractivity contribution in [2.24, 2.45) is 0 Å². The number of aromatic nitrogens is 2. The van der Waals surface area contributed by atoms with Gasteiger partial charge in [0.05, 0.1) is 19.4 Å². The first-order chi connectivity index (χ1) is 12.8. The minimum atomic E-state index is -0.147. The smallest absolute Gasteiger partial charge is 0.252 e. The molecule has 5 nitrogen and oxygen atoms in total. The number of rotatable bonds is 8. The molecule has 2 aromatic carbocycles. The second-order valence-corrected chi connectivity index (χ2v) is 6.59. The largest absolute Gasteiger partial charge is 0.493 e. The van der Waals surface area contributed by atoms with Crippen LogP contribution in [-0.4, -0.2) is 29.4 Å². The zero-order valence-corrected chi connectivity index (χ0v) is 15.3. The van der Waals surface area contributed by atoms with E-state index >= 15 is 0 Å². The Morgan fingerprint density at radius 1 is 1.04 bits per heavy atom. The molecule has 0 aliphatic rings. The van der Waals surface area contributed by atoms with E-state index in [-0.39, 0.29) is 5.56 Å². The maximum absolute atomic E-state index is 11.9. The normalized spacial score (nSPS) is 10.5. The molecule has 0 atom stereocenters. The quantitative estimate of drug-likeness (QED) is 0.370. The van der Waals surface area contributed by atoms with Gasteiger partial charge in [0.15, 0.2) is 16.7 Å². The van der Waals surface area contributed by atoms with E-state index in [4.69, 9.17) is 9.47 Å². The number of benzene rings is 2. The Bertz CT molecular complexity index is 897. The number of para-hydroxylation sites is 2. The van der Waals surface area contributed by atoms with Crippen molar-refractivity contribution in [3.8, 4) is 22.8 Å². The van der Waals surface area contributed by atoms with Crippen LogP contribution in [0, 0.1) is 0 Å². The molecule has 0 aliphatic carbocycles. The van der Waals surface area contributed by atoms with Crippen LogP contribution in [-0.2, 0) is 0 Å². The molecule has 0 unspecified atom stereocenters. The number of ether oxygens (including phenoxy) is 2. The topological polar surface area (TPSA) is 64.2 Å². The third-order valence-electron chi connectivity index (χ3n) is 3.64. The van der Waals surface area contributed by atoms with Crippen molar-refractivity contribution in [1.29, 1.82) is 0 Å². The van der Waals surface area contributed by atoms with Crippen LogP contribution < -0.4 is 15.0 Å². The summed E-state index contributed by atoms with van der Waals surface area (Å²) < 4.78 is 11.0. The number of hydrogen-bond donors (Lipinski definition) is 1. The molecular formula is C20H20N2O3S. The van der Waals surface area contributed by atoms with Crippen molar-refractivity contribution >= 4 is 11.8 Å². The highest BCUT2D eigenvalue weighted by molar-refractivity contribution is 7.99. The summed E-state index contributed by atoms with van der Waals surface area (Å²) in [5, 5.41) is 0.619. The van der Waals surface area contributed by atoms with E-state index < -0.39 is 0 Å². The number of aromatic amines is 1. The van der Waals surface area contributed by atoms with E-state index in [2.05, 4.69) is 9.97 Å². The van der Waals surface area contributed by atoms with Crippen LogP contribution in [0.1, 0.15) is 6.42 Å². The van der Waals surface area contributed by atoms with Gasteiger partial charge in [-0.15, -0.1) is 0 Å². The summed E-state index contributed by atoms with van der Waals surface area (Å²) in [5.41, 5.74) is 1.47. The third-order valence-corrected chi connectivity index (χ3v) is 4.60. The standard InChI is InChI=1S/C20H20N2O3S/c1-24-17-10-5-6-11-18(17)25-12-7-13-26-20-21-16(14-19(23)22-20)15-8-3-2-4-9-15/h2-6,8-11,14H,7,12-13H2,1H3,(H,21,22,23). The van der Waals surface area contributed by atoms with Crippen molar-refractivity contribution in [2.75, 3.05) is 19.5 Å². The zero-order valence-electron chi connectivity index (χ0n) is 14.5. The van der Waals surface area contributed by atoms with Gasteiger partial charge in [-0.2, -0.15) is 0 Å². The number of methoxy groups -OCH3 is 1. The van der Waals surface area contributed by atoms with E-state index in [0.29, 0.717) is 17.5 Å².